The average molecular weight is 229 g/mol. The van der Waals surface area contributed by atoms with Gasteiger partial charge in [0.1, 0.15) is 6.04 Å². The second kappa shape index (κ2) is 5.30. The number of carbonyl (C=O) groups is 2. The van der Waals surface area contributed by atoms with Crippen LogP contribution in [0.1, 0.15) is 26.7 Å². The molecule has 1 aliphatic rings. The number of carboxylic acids is 2. The van der Waals surface area contributed by atoms with E-state index in [1.807, 2.05) is 13.8 Å². The lowest BCUT2D eigenvalue weighted by Gasteiger charge is -2.24. The lowest BCUT2D eigenvalue weighted by Crippen LogP contribution is -2.37. The first kappa shape index (κ1) is 13.0. The van der Waals surface area contributed by atoms with Crippen LogP contribution in [0, 0.1) is 17.8 Å². The van der Waals surface area contributed by atoms with Gasteiger partial charge in [-0.2, -0.15) is 0 Å². The SMILES string of the molecule is CCC(C)[C@H]1CN[C@H](C(=O)O)[C@H]1CC(=O)O. The van der Waals surface area contributed by atoms with Crippen molar-refractivity contribution in [2.24, 2.45) is 17.8 Å². The van der Waals surface area contributed by atoms with Crippen LogP contribution < -0.4 is 5.32 Å². The summed E-state index contributed by atoms with van der Waals surface area (Å²) in [7, 11) is 0. The molecule has 1 saturated heterocycles. The van der Waals surface area contributed by atoms with E-state index in [4.69, 9.17) is 10.2 Å². The molecule has 92 valence electrons. The van der Waals surface area contributed by atoms with E-state index in [0.29, 0.717) is 12.5 Å². The second-order valence-electron chi connectivity index (χ2n) is 4.54. The Bertz CT molecular complexity index is 279. The van der Waals surface area contributed by atoms with Crippen molar-refractivity contribution >= 4 is 11.9 Å². The molecule has 0 amide bonds. The van der Waals surface area contributed by atoms with Crippen molar-refractivity contribution in [3.05, 3.63) is 0 Å². The Balaban J connectivity index is 2.78. The summed E-state index contributed by atoms with van der Waals surface area (Å²) in [6.07, 6.45) is 0.869. The first-order valence-electron chi connectivity index (χ1n) is 5.65. The number of hydrogen-bond acceptors (Lipinski definition) is 3. The zero-order valence-electron chi connectivity index (χ0n) is 9.64. The van der Waals surface area contributed by atoms with E-state index in [0.717, 1.165) is 6.42 Å². The summed E-state index contributed by atoms with van der Waals surface area (Å²) in [4.78, 5) is 21.8. The molecule has 16 heavy (non-hydrogen) atoms. The summed E-state index contributed by atoms with van der Waals surface area (Å²) < 4.78 is 0. The third-order valence-electron chi connectivity index (χ3n) is 3.60. The predicted octanol–water partition coefficient (Wildman–Crippen LogP) is 0.796. The van der Waals surface area contributed by atoms with Gasteiger partial charge in [0.25, 0.3) is 0 Å². The fraction of sp³-hybridized carbons (Fsp3) is 0.818. The van der Waals surface area contributed by atoms with Gasteiger partial charge >= 0.3 is 11.9 Å². The number of hydrogen-bond donors (Lipinski definition) is 3. The molecular weight excluding hydrogens is 210 g/mol. The van der Waals surface area contributed by atoms with E-state index >= 15 is 0 Å². The average Bonchev–Trinajstić information content (AvgIpc) is 2.59. The van der Waals surface area contributed by atoms with Crippen molar-refractivity contribution in [3.8, 4) is 0 Å². The number of carboxylic acid groups (broad SMARTS) is 2. The van der Waals surface area contributed by atoms with E-state index in [1.165, 1.54) is 0 Å². The summed E-state index contributed by atoms with van der Waals surface area (Å²) in [6.45, 7) is 4.69. The summed E-state index contributed by atoms with van der Waals surface area (Å²) in [5, 5.41) is 20.8. The molecule has 0 aliphatic carbocycles. The van der Waals surface area contributed by atoms with Crippen LogP contribution in [0.3, 0.4) is 0 Å². The smallest absolute Gasteiger partial charge is 0.321 e. The first-order valence-corrected chi connectivity index (χ1v) is 5.65. The van der Waals surface area contributed by atoms with Crippen molar-refractivity contribution in [3.63, 3.8) is 0 Å². The van der Waals surface area contributed by atoms with E-state index in [9.17, 15) is 9.59 Å². The predicted molar refractivity (Wildman–Crippen MR) is 58.1 cm³/mol. The minimum atomic E-state index is -0.947. The van der Waals surface area contributed by atoms with Gasteiger partial charge in [-0.25, -0.2) is 0 Å². The molecule has 1 fully saturated rings. The Morgan fingerprint density at radius 3 is 2.50 bits per heavy atom. The molecular formula is C11H19NO4. The first-order chi connectivity index (χ1) is 7.47. The monoisotopic (exact) mass is 229 g/mol. The quantitative estimate of drug-likeness (QED) is 0.649. The molecule has 5 nitrogen and oxygen atoms in total. The van der Waals surface area contributed by atoms with Crippen molar-refractivity contribution < 1.29 is 19.8 Å². The summed E-state index contributed by atoms with van der Waals surface area (Å²) >= 11 is 0. The van der Waals surface area contributed by atoms with Crippen LogP contribution in [-0.2, 0) is 9.59 Å². The van der Waals surface area contributed by atoms with Crippen LogP contribution >= 0.6 is 0 Å². The molecule has 0 saturated carbocycles. The highest BCUT2D eigenvalue weighted by Crippen LogP contribution is 2.33. The maximum absolute atomic E-state index is 11.0. The molecule has 0 spiro atoms. The maximum Gasteiger partial charge on any atom is 0.321 e. The second-order valence-corrected chi connectivity index (χ2v) is 4.54. The normalized spacial score (nSPS) is 31.2. The van der Waals surface area contributed by atoms with Crippen LogP contribution in [0.2, 0.25) is 0 Å². The number of nitrogens with one attached hydrogen (secondary N) is 1. The van der Waals surface area contributed by atoms with E-state index in [-0.39, 0.29) is 18.3 Å². The highest BCUT2D eigenvalue weighted by molar-refractivity contribution is 5.76. The Morgan fingerprint density at radius 2 is 2.06 bits per heavy atom. The molecule has 1 aliphatic heterocycles. The number of rotatable bonds is 5. The fourth-order valence-corrected chi connectivity index (χ4v) is 2.48. The van der Waals surface area contributed by atoms with Crippen molar-refractivity contribution in [1.29, 1.82) is 0 Å². The van der Waals surface area contributed by atoms with Crippen LogP contribution in [0.4, 0.5) is 0 Å². The maximum atomic E-state index is 11.0. The van der Waals surface area contributed by atoms with Gasteiger partial charge in [0.15, 0.2) is 0 Å². The van der Waals surface area contributed by atoms with Crippen molar-refractivity contribution in [1.82, 2.24) is 5.32 Å². The topological polar surface area (TPSA) is 86.6 Å². The standard InChI is InChI=1S/C11H19NO4/c1-3-6(2)8-5-12-10(11(15)16)7(8)4-9(13)14/h6-8,10,12H,3-5H2,1-2H3,(H,13,14)(H,15,16)/t6?,7-,8+,10-/m0/s1. The van der Waals surface area contributed by atoms with E-state index < -0.39 is 18.0 Å². The third kappa shape index (κ3) is 2.72. The Kier molecular flexibility index (Phi) is 4.29. The molecule has 0 radical (unpaired) electrons. The van der Waals surface area contributed by atoms with Gasteiger partial charge < -0.3 is 15.5 Å². The molecule has 0 bridgehead atoms. The minimum Gasteiger partial charge on any atom is -0.481 e. The zero-order chi connectivity index (χ0) is 12.3. The van der Waals surface area contributed by atoms with E-state index in [2.05, 4.69) is 5.32 Å². The van der Waals surface area contributed by atoms with Crippen LogP contribution in [0.15, 0.2) is 0 Å². The Hall–Kier alpha value is -1.10. The van der Waals surface area contributed by atoms with E-state index in [1.54, 1.807) is 0 Å². The third-order valence-corrected chi connectivity index (χ3v) is 3.60. The molecule has 0 aromatic carbocycles. The molecule has 4 atom stereocenters. The molecule has 1 heterocycles. The molecule has 0 aromatic heterocycles. The van der Waals surface area contributed by atoms with Gasteiger partial charge in [0.2, 0.25) is 0 Å². The summed E-state index contributed by atoms with van der Waals surface area (Å²) in [6, 6.07) is -0.713. The van der Waals surface area contributed by atoms with Gasteiger partial charge in [0, 0.05) is 0 Å². The molecule has 1 rings (SSSR count). The van der Waals surface area contributed by atoms with Crippen molar-refractivity contribution in [2.75, 3.05) is 6.54 Å². The van der Waals surface area contributed by atoms with Gasteiger partial charge in [-0.3, -0.25) is 9.59 Å². The van der Waals surface area contributed by atoms with Gasteiger partial charge in [-0.15, -0.1) is 0 Å². The highest BCUT2D eigenvalue weighted by Gasteiger charge is 2.42. The fourth-order valence-electron chi connectivity index (χ4n) is 2.48. The van der Waals surface area contributed by atoms with Gasteiger partial charge in [0.05, 0.1) is 6.42 Å². The van der Waals surface area contributed by atoms with Crippen LogP contribution in [0.25, 0.3) is 0 Å². The lowest BCUT2D eigenvalue weighted by atomic mass is 9.79. The van der Waals surface area contributed by atoms with Gasteiger partial charge in [-0.1, -0.05) is 20.3 Å². The highest BCUT2D eigenvalue weighted by atomic mass is 16.4. The molecule has 3 N–H and O–H groups in total. The molecule has 5 heteroatoms. The molecule has 0 aromatic rings. The lowest BCUT2D eigenvalue weighted by molar-refractivity contribution is -0.142. The summed E-state index contributed by atoms with van der Waals surface area (Å²) in [5.41, 5.74) is 0. The minimum absolute atomic E-state index is 0.0705. The van der Waals surface area contributed by atoms with Crippen molar-refractivity contribution in [2.45, 2.75) is 32.7 Å². The number of aliphatic carboxylic acids is 2. The van der Waals surface area contributed by atoms with Gasteiger partial charge in [-0.05, 0) is 24.3 Å². The van der Waals surface area contributed by atoms with Crippen LogP contribution in [0.5, 0.6) is 0 Å². The van der Waals surface area contributed by atoms with Crippen LogP contribution in [-0.4, -0.2) is 34.7 Å². The molecule has 1 unspecified atom stereocenters. The Morgan fingerprint density at radius 1 is 1.44 bits per heavy atom. The Labute approximate surface area is 94.8 Å². The largest absolute Gasteiger partial charge is 0.481 e. The summed E-state index contributed by atoms with van der Waals surface area (Å²) in [5.74, 6) is -1.68. The zero-order valence-corrected chi connectivity index (χ0v) is 9.64.